The number of nitrogens with one attached hydrogen (secondary N) is 1. The molecule has 1 aromatic carbocycles. The minimum Gasteiger partial charge on any atom is -0.475 e. The smallest absolute Gasteiger partial charge is 0.225 e. The fourth-order valence-electron chi connectivity index (χ4n) is 2.52. The number of amides is 1. The summed E-state index contributed by atoms with van der Waals surface area (Å²) in [5.74, 6) is 0.464. The molecule has 6 heteroatoms. The van der Waals surface area contributed by atoms with Crippen LogP contribution in [0.3, 0.4) is 0 Å². The van der Waals surface area contributed by atoms with Crippen molar-refractivity contribution in [3.63, 3.8) is 0 Å². The van der Waals surface area contributed by atoms with Gasteiger partial charge in [-0.1, -0.05) is 23.2 Å². The lowest BCUT2D eigenvalue weighted by Crippen LogP contribution is -2.30. The fourth-order valence-corrected chi connectivity index (χ4v) is 3.18. The van der Waals surface area contributed by atoms with Crippen LogP contribution in [0.25, 0.3) is 0 Å². The van der Waals surface area contributed by atoms with Crippen molar-refractivity contribution in [3.05, 3.63) is 57.2 Å². The van der Waals surface area contributed by atoms with E-state index in [1.54, 1.807) is 18.3 Å². The van der Waals surface area contributed by atoms with Crippen LogP contribution in [0, 0.1) is 6.92 Å². The quantitative estimate of drug-likeness (QED) is 0.933. The van der Waals surface area contributed by atoms with Gasteiger partial charge < -0.3 is 10.1 Å². The van der Waals surface area contributed by atoms with Gasteiger partial charge in [0.15, 0.2) is 0 Å². The summed E-state index contributed by atoms with van der Waals surface area (Å²) >= 11 is 12.1. The van der Waals surface area contributed by atoms with Crippen molar-refractivity contribution >= 4 is 29.1 Å². The van der Waals surface area contributed by atoms with Gasteiger partial charge in [-0.2, -0.15) is 0 Å². The second-order valence-corrected chi connectivity index (χ2v) is 6.03. The summed E-state index contributed by atoms with van der Waals surface area (Å²) in [6, 6.07) is 7.00. The molecule has 114 valence electrons. The van der Waals surface area contributed by atoms with Gasteiger partial charge in [0.2, 0.25) is 11.8 Å². The summed E-state index contributed by atoms with van der Waals surface area (Å²) in [4.78, 5) is 16.4. The summed E-state index contributed by atoms with van der Waals surface area (Å²) in [6.07, 6.45) is 1.87. The molecule has 0 saturated heterocycles. The number of carbonyl (C=O) groups excluding carboxylic acids is 1. The number of rotatable bonds is 3. The molecule has 1 aliphatic rings. The molecule has 0 fully saturated rings. The van der Waals surface area contributed by atoms with Gasteiger partial charge in [0.05, 0.1) is 12.5 Å². The fraction of sp³-hybridized carbons (Fsp3) is 0.250. The molecule has 1 atom stereocenters. The van der Waals surface area contributed by atoms with Gasteiger partial charge in [-0.15, -0.1) is 0 Å². The highest BCUT2D eigenvalue weighted by atomic mass is 35.5. The van der Waals surface area contributed by atoms with Crippen LogP contribution in [-0.2, 0) is 11.2 Å². The van der Waals surface area contributed by atoms with Gasteiger partial charge in [0.25, 0.3) is 0 Å². The van der Waals surface area contributed by atoms with Gasteiger partial charge in [0, 0.05) is 21.8 Å². The van der Waals surface area contributed by atoms with Crippen LogP contribution in [0.5, 0.6) is 5.88 Å². The summed E-state index contributed by atoms with van der Waals surface area (Å²) < 4.78 is 5.46. The maximum absolute atomic E-state index is 12.3. The maximum atomic E-state index is 12.3. The van der Waals surface area contributed by atoms with E-state index >= 15 is 0 Å². The Hall–Kier alpha value is -1.78. The molecule has 1 aromatic heterocycles. The van der Waals surface area contributed by atoms with E-state index in [0.29, 0.717) is 22.5 Å². The first-order chi connectivity index (χ1) is 10.5. The topological polar surface area (TPSA) is 51.2 Å². The van der Waals surface area contributed by atoms with Crippen LogP contribution >= 0.6 is 23.2 Å². The minimum atomic E-state index is -0.178. The van der Waals surface area contributed by atoms with Crippen molar-refractivity contribution in [2.24, 2.45) is 0 Å². The zero-order valence-corrected chi connectivity index (χ0v) is 13.4. The first-order valence-corrected chi connectivity index (χ1v) is 7.62. The number of ether oxygens (including phenoxy) is 1. The Bertz CT molecular complexity index is 711. The number of aryl methyl sites for hydroxylation is 1. The Morgan fingerprint density at radius 2 is 2.27 bits per heavy atom. The van der Waals surface area contributed by atoms with Crippen molar-refractivity contribution in [1.29, 1.82) is 0 Å². The molecule has 0 spiro atoms. The first kappa shape index (κ1) is 15.1. The van der Waals surface area contributed by atoms with E-state index in [1.165, 1.54) is 0 Å². The van der Waals surface area contributed by atoms with E-state index < -0.39 is 0 Å². The Kier molecular flexibility index (Phi) is 4.23. The van der Waals surface area contributed by atoms with Crippen molar-refractivity contribution < 1.29 is 9.53 Å². The van der Waals surface area contributed by atoms with Crippen molar-refractivity contribution in [1.82, 2.24) is 10.3 Å². The summed E-state index contributed by atoms with van der Waals surface area (Å²) in [7, 11) is 0. The first-order valence-electron chi connectivity index (χ1n) is 6.86. The SMILES string of the molecule is Cc1cc(Cl)cc(Cl)c1CC(=O)N[C@H]1COc2ncccc21. The molecule has 0 bridgehead atoms. The molecule has 0 unspecified atom stereocenters. The van der Waals surface area contributed by atoms with Gasteiger partial charge >= 0.3 is 0 Å². The van der Waals surface area contributed by atoms with E-state index in [9.17, 15) is 4.79 Å². The van der Waals surface area contributed by atoms with Crippen LogP contribution in [-0.4, -0.2) is 17.5 Å². The molecule has 1 amide bonds. The number of halogens is 2. The Balaban J connectivity index is 1.72. The van der Waals surface area contributed by atoms with Crippen molar-refractivity contribution in [2.45, 2.75) is 19.4 Å². The molecule has 2 aromatic rings. The molecule has 1 aliphatic heterocycles. The zero-order valence-electron chi connectivity index (χ0n) is 11.9. The summed E-state index contributed by atoms with van der Waals surface area (Å²) in [5, 5.41) is 4.03. The lowest BCUT2D eigenvalue weighted by Gasteiger charge is -2.13. The summed E-state index contributed by atoms with van der Waals surface area (Å²) in [5.41, 5.74) is 2.58. The Morgan fingerprint density at radius 3 is 3.05 bits per heavy atom. The predicted molar refractivity (Wildman–Crippen MR) is 85.5 cm³/mol. The van der Waals surface area contributed by atoms with Crippen LogP contribution in [0.1, 0.15) is 22.7 Å². The molecule has 0 saturated carbocycles. The Labute approximate surface area is 138 Å². The second kappa shape index (κ2) is 6.15. The molecule has 1 N–H and O–H groups in total. The van der Waals surface area contributed by atoms with Gasteiger partial charge in [0.1, 0.15) is 6.61 Å². The number of fused-ring (bicyclic) bond motifs is 1. The average Bonchev–Trinajstić information content (AvgIpc) is 2.86. The van der Waals surface area contributed by atoms with Gasteiger partial charge in [-0.3, -0.25) is 4.79 Å². The van der Waals surface area contributed by atoms with E-state index in [-0.39, 0.29) is 18.4 Å². The molecule has 2 heterocycles. The molecule has 0 radical (unpaired) electrons. The number of benzene rings is 1. The van der Waals surface area contributed by atoms with Crippen LogP contribution in [0.15, 0.2) is 30.5 Å². The highest BCUT2D eigenvalue weighted by Gasteiger charge is 2.26. The predicted octanol–water partition coefficient (Wildman–Crippen LogP) is 3.49. The highest BCUT2D eigenvalue weighted by molar-refractivity contribution is 6.35. The number of hydrogen-bond acceptors (Lipinski definition) is 3. The van der Waals surface area contributed by atoms with E-state index in [2.05, 4.69) is 10.3 Å². The maximum Gasteiger partial charge on any atom is 0.225 e. The van der Waals surface area contributed by atoms with Crippen molar-refractivity contribution in [2.75, 3.05) is 6.61 Å². The van der Waals surface area contributed by atoms with E-state index in [4.69, 9.17) is 27.9 Å². The lowest BCUT2D eigenvalue weighted by molar-refractivity contribution is -0.121. The normalized spacial score (nSPS) is 16.0. The minimum absolute atomic E-state index is 0.113. The highest BCUT2D eigenvalue weighted by Crippen LogP contribution is 2.30. The lowest BCUT2D eigenvalue weighted by atomic mass is 10.0. The number of hydrogen-bond donors (Lipinski definition) is 1. The zero-order chi connectivity index (χ0) is 15.7. The number of nitrogens with zero attached hydrogens (tertiary/aromatic N) is 1. The number of pyridine rings is 1. The molecule has 3 rings (SSSR count). The van der Waals surface area contributed by atoms with Crippen molar-refractivity contribution in [3.8, 4) is 5.88 Å². The van der Waals surface area contributed by atoms with Crippen LogP contribution < -0.4 is 10.1 Å². The van der Waals surface area contributed by atoms with Crippen LogP contribution in [0.4, 0.5) is 0 Å². The third kappa shape index (κ3) is 3.03. The number of aromatic nitrogens is 1. The molecule has 22 heavy (non-hydrogen) atoms. The largest absolute Gasteiger partial charge is 0.475 e. The molecular weight excluding hydrogens is 323 g/mol. The second-order valence-electron chi connectivity index (χ2n) is 5.19. The third-order valence-corrected chi connectivity index (χ3v) is 4.17. The number of carbonyl (C=O) groups is 1. The monoisotopic (exact) mass is 336 g/mol. The van der Waals surface area contributed by atoms with E-state index in [1.807, 2.05) is 19.1 Å². The van der Waals surface area contributed by atoms with Gasteiger partial charge in [-0.05, 0) is 42.3 Å². The average molecular weight is 337 g/mol. The third-order valence-electron chi connectivity index (χ3n) is 3.62. The molecular formula is C16H14Cl2N2O2. The van der Waals surface area contributed by atoms with E-state index in [0.717, 1.165) is 16.7 Å². The Morgan fingerprint density at radius 1 is 1.45 bits per heavy atom. The standard InChI is InChI=1S/C16H14Cl2N2O2/c1-9-5-10(17)6-13(18)12(9)7-15(21)20-14-8-22-16-11(14)3-2-4-19-16/h2-6,14H,7-8H2,1H3,(H,20,21)/t14-/m0/s1. The molecule has 0 aliphatic carbocycles. The summed E-state index contributed by atoms with van der Waals surface area (Å²) in [6.45, 7) is 2.28. The van der Waals surface area contributed by atoms with Gasteiger partial charge in [-0.25, -0.2) is 4.98 Å². The molecule has 4 nitrogen and oxygen atoms in total. The van der Waals surface area contributed by atoms with Crippen LogP contribution in [0.2, 0.25) is 10.0 Å².